The van der Waals surface area contributed by atoms with Crippen LogP contribution in [-0.2, 0) is 17.8 Å². The van der Waals surface area contributed by atoms with E-state index in [-0.39, 0.29) is 17.8 Å². The van der Waals surface area contributed by atoms with Gasteiger partial charge in [-0.2, -0.15) is 0 Å². The first-order chi connectivity index (χ1) is 11.7. The standard InChI is InChI=1S/C20H23FN2O/c21-18-10-8-16(9-11-18)13-20(24)22-19-7-4-12-23(15-19)14-17-5-2-1-3-6-17/h1-3,5-6,8-11,19H,4,7,12-15H2,(H,22,24)/t19-/m0/s1. The Morgan fingerprint density at radius 1 is 1.08 bits per heavy atom. The summed E-state index contributed by atoms with van der Waals surface area (Å²) in [5.41, 5.74) is 2.14. The second-order valence-corrected chi connectivity index (χ2v) is 6.43. The second-order valence-electron chi connectivity index (χ2n) is 6.43. The first kappa shape index (κ1) is 16.7. The van der Waals surface area contributed by atoms with E-state index < -0.39 is 0 Å². The average Bonchev–Trinajstić information content (AvgIpc) is 2.58. The Balaban J connectivity index is 1.49. The third kappa shape index (κ3) is 4.90. The van der Waals surface area contributed by atoms with Crippen molar-refractivity contribution in [2.75, 3.05) is 13.1 Å². The summed E-state index contributed by atoms with van der Waals surface area (Å²) in [6, 6.07) is 16.7. The van der Waals surface area contributed by atoms with Gasteiger partial charge in [-0.05, 0) is 42.6 Å². The van der Waals surface area contributed by atoms with Crippen molar-refractivity contribution in [2.45, 2.75) is 31.8 Å². The zero-order valence-electron chi connectivity index (χ0n) is 13.7. The van der Waals surface area contributed by atoms with Crippen LogP contribution in [0.3, 0.4) is 0 Å². The Morgan fingerprint density at radius 3 is 2.58 bits per heavy atom. The lowest BCUT2D eigenvalue weighted by Gasteiger charge is -2.33. The number of rotatable bonds is 5. The van der Waals surface area contributed by atoms with Crippen LogP contribution in [0.25, 0.3) is 0 Å². The second kappa shape index (κ2) is 8.06. The topological polar surface area (TPSA) is 32.3 Å². The molecular weight excluding hydrogens is 303 g/mol. The number of piperidine rings is 1. The molecule has 0 bridgehead atoms. The van der Waals surface area contributed by atoms with E-state index in [0.717, 1.165) is 38.0 Å². The number of carbonyl (C=O) groups excluding carboxylic acids is 1. The molecule has 0 saturated carbocycles. The molecule has 1 aliphatic rings. The summed E-state index contributed by atoms with van der Waals surface area (Å²) in [7, 11) is 0. The average molecular weight is 326 g/mol. The van der Waals surface area contributed by atoms with Gasteiger partial charge in [0, 0.05) is 19.1 Å². The number of likely N-dealkylation sites (tertiary alicyclic amines) is 1. The Bertz CT molecular complexity index is 657. The smallest absolute Gasteiger partial charge is 0.224 e. The zero-order chi connectivity index (χ0) is 16.8. The predicted octanol–water partition coefficient (Wildman–Crippen LogP) is 3.15. The molecule has 1 aliphatic heterocycles. The molecule has 0 unspecified atom stereocenters. The third-order valence-electron chi connectivity index (χ3n) is 4.40. The number of nitrogens with one attached hydrogen (secondary N) is 1. The summed E-state index contributed by atoms with van der Waals surface area (Å²) in [6.45, 7) is 2.87. The van der Waals surface area contributed by atoms with E-state index in [0.29, 0.717) is 6.42 Å². The molecule has 1 atom stereocenters. The van der Waals surface area contributed by atoms with Gasteiger partial charge in [-0.3, -0.25) is 9.69 Å². The Kier molecular flexibility index (Phi) is 5.59. The minimum Gasteiger partial charge on any atom is -0.352 e. The van der Waals surface area contributed by atoms with Crippen LogP contribution in [0.1, 0.15) is 24.0 Å². The summed E-state index contributed by atoms with van der Waals surface area (Å²) in [4.78, 5) is 14.6. The number of nitrogens with zero attached hydrogens (tertiary/aromatic N) is 1. The first-order valence-corrected chi connectivity index (χ1v) is 8.49. The molecule has 1 N–H and O–H groups in total. The van der Waals surface area contributed by atoms with Crippen LogP contribution in [0.5, 0.6) is 0 Å². The van der Waals surface area contributed by atoms with E-state index in [1.165, 1.54) is 17.7 Å². The van der Waals surface area contributed by atoms with E-state index in [2.05, 4.69) is 34.5 Å². The molecule has 0 aromatic heterocycles. The van der Waals surface area contributed by atoms with E-state index in [1.807, 2.05) is 6.07 Å². The van der Waals surface area contributed by atoms with Crippen LogP contribution in [0.2, 0.25) is 0 Å². The van der Waals surface area contributed by atoms with Gasteiger partial charge in [-0.1, -0.05) is 42.5 Å². The lowest BCUT2D eigenvalue weighted by atomic mass is 10.0. The van der Waals surface area contributed by atoms with Crippen LogP contribution in [-0.4, -0.2) is 29.9 Å². The molecular formula is C20H23FN2O. The molecule has 126 valence electrons. The summed E-state index contributed by atoms with van der Waals surface area (Å²) >= 11 is 0. The number of hydrogen-bond donors (Lipinski definition) is 1. The van der Waals surface area contributed by atoms with Crippen molar-refractivity contribution in [3.8, 4) is 0 Å². The van der Waals surface area contributed by atoms with Gasteiger partial charge in [-0.15, -0.1) is 0 Å². The Labute approximate surface area is 142 Å². The molecule has 0 aliphatic carbocycles. The van der Waals surface area contributed by atoms with E-state index >= 15 is 0 Å². The van der Waals surface area contributed by atoms with Crippen molar-refractivity contribution < 1.29 is 9.18 Å². The largest absolute Gasteiger partial charge is 0.352 e. The summed E-state index contributed by atoms with van der Waals surface area (Å²) < 4.78 is 12.9. The molecule has 2 aromatic carbocycles. The predicted molar refractivity (Wildman–Crippen MR) is 93.0 cm³/mol. The molecule has 1 saturated heterocycles. The van der Waals surface area contributed by atoms with Gasteiger partial charge in [0.15, 0.2) is 0 Å². The Hall–Kier alpha value is -2.20. The summed E-state index contributed by atoms with van der Waals surface area (Å²) in [5.74, 6) is -0.267. The molecule has 4 heteroatoms. The number of carbonyl (C=O) groups is 1. The normalized spacial score (nSPS) is 18.3. The first-order valence-electron chi connectivity index (χ1n) is 8.49. The van der Waals surface area contributed by atoms with Crippen LogP contribution >= 0.6 is 0 Å². The van der Waals surface area contributed by atoms with Crippen LogP contribution < -0.4 is 5.32 Å². The quantitative estimate of drug-likeness (QED) is 0.915. The SMILES string of the molecule is O=C(Cc1ccc(F)cc1)N[C@H]1CCCN(Cc2ccccc2)C1. The van der Waals surface area contributed by atoms with Crippen LogP contribution in [0, 0.1) is 5.82 Å². The molecule has 0 radical (unpaired) electrons. The van der Waals surface area contributed by atoms with Crippen LogP contribution in [0.4, 0.5) is 4.39 Å². The minimum absolute atomic E-state index is 0.00756. The van der Waals surface area contributed by atoms with Gasteiger partial charge in [-0.25, -0.2) is 4.39 Å². The number of benzene rings is 2. The van der Waals surface area contributed by atoms with Crippen molar-refractivity contribution in [2.24, 2.45) is 0 Å². The van der Waals surface area contributed by atoms with Crippen molar-refractivity contribution in [3.05, 3.63) is 71.5 Å². The number of amides is 1. The summed E-state index contributed by atoms with van der Waals surface area (Å²) in [5, 5.41) is 3.12. The van der Waals surface area contributed by atoms with Crippen LogP contribution in [0.15, 0.2) is 54.6 Å². The zero-order valence-corrected chi connectivity index (χ0v) is 13.7. The highest BCUT2D eigenvalue weighted by molar-refractivity contribution is 5.78. The molecule has 1 fully saturated rings. The maximum absolute atomic E-state index is 12.9. The van der Waals surface area contributed by atoms with E-state index in [4.69, 9.17) is 0 Å². The fraction of sp³-hybridized carbons (Fsp3) is 0.350. The highest BCUT2D eigenvalue weighted by Crippen LogP contribution is 2.14. The number of hydrogen-bond acceptors (Lipinski definition) is 2. The maximum atomic E-state index is 12.9. The fourth-order valence-corrected chi connectivity index (χ4v) is 3.22. The Morgan fingerprint density at radius 2 is 1.83 bits per heavy atom. The third-order valence-corrected chi connectivity index (χ3v) is 4.40. The fourth-order valence-electron chi connectivity index (χ4n) is 3.22. The molecule has 0 spiro atoms. The van der Waals surface area contributed by atoms with Gasteiger partial charge < -0.3 is 5.32 Å². The van der Waals surface area contributed by atoms with E-state index in [1.54, 1.807) is 12.1 Å². The monoisotopic (exact) mass is 326 g/mol. The summed E-state index contributed by atoms with van der Waals surface area (Å²) in [6.07, 6.45) is 2.41. The highest BCUT2D eigenvalue weighted by atomic mass is 19.1. The number of halogens is 1. The minimum atomic E-state index is -0.275. The molecule has 1 amide bonds. The van der Waals surface area contributed by atoms with Gasteiger partial charge in [0.1, 0.15) is 5.82 Å². The van der Waals surface area contributed by atoms with Gasteiger partial charge in [0.25, 0.3) is 0 Å². The lowest BCUT2D eigenvalue weighted by Crippen LogP contribution is -2.47. The van der Waals surface area contributed by atoms with Gasteiger partial charge in [0.2, 0.25) is 5.91 Å². The van der Waals surface area contributed by atoms with Crippen molar-refractivity contribution in [3.63, 3.8) is 0 Å². The molecule has 24 heavy (non-hydrogen) atoms. The molecule has 3 nitrogen and oxygen atoms in total. The van der Waals surface area contributed by atoms with Gasteiger partial charge in [0.05, 0.1) is 6.42 Å². The molecule has 2 aromatic rings. The van der Waals surface area contributed by atoms with Crippen molar-refractivity contribution in [1.29, 1.82) is 0 Å². The van der Waals surface area contributed by atoms with Gasteiger partial charge >= 0.3 is 0 Å². The van der Waals surface area contributed by atoms with Crippen molar-refractivity contribution in [1.82, 2.24) is 10.2 Å². The van der Waals surface area contributed by atoms with E-state index in [9.17, 15) is 9.18 Å². The maximum Gasteiger partial charge on any atom is 0.224 e. The molecule has 3 rings (SSSR count). The highest BCUT2D eigenvalue weighted by Gasteiger charge is 2.21. The lowest BCUT2D eigenvalue weighted by molar-refractivity contribution is -0.121. The molecule has 1 heterocycles. The van der Waals surface area contributed by atoms with Crippen molar-refractivity contribution >= 4 is 5.91 Å².